The zero-order valence-corrected chi connectivity index (χ0v) is 10.0. The molecule has 0 bridgehead atoms. The maximum atomic E-state index is 11.4. The third kappa shape index (κ3) is 2.49. The van der Waals surface area contributed by atoms with E-state index in [9.17, 15) is 9.90 Å². The van der Waals surface area contributed by atoms with Gasteiger partial charge in [-0.15, -0.1) is 11.8 Å². The molecule has 0 radical (unpaired) electrons. The lowest BCUT2D eigenvalue weighted by atomic mass is 9.81. The van der Waals surface area contributed by atoms with E-state index in [-0.39, 0.29) is 0 Å². The molecule has 1 atom stereocenters. The van der Waals surface area contributed by atoms with E-state index in [2.05, 4.69) is 0 Å². The molecule has 2 fully saturated rings. The molecule has 2 aliphatic rings. The number of rotatable bonds is 3. The van der Waals surface area contributed by atoms with E-state index in [4.69, 9.17) is 0 Å². The highest BCUT2D eigenvalue weighted by Crippen LogP contribution is 2.45. The van der Waals surface area contributed by atoms with E-state index in [0.717, 1.165) is 25.0 Å². The van der Waals surface area contributed by atoms with Crippen LogP contribution in [0, 0.1) is 5.92 Å². The largest absolute Gasteiger partial charge is 0.480 e. The van der Waals surface area contributed by atoms with Gasteiger partial charge in [0.2, 0.25) is 0 Å². The van der Waals surface area contributed by atoms with Crippen molar-refractivity contribution in [2.45, 2.75) is 56.1 Å². The van der Waals surface area contributed by atoms with Crippen LogP contribution in [0.25, 0.3) is 0 Å². The van der Waals surface area contributed by atoms with E-state index < -0.39 is 10.7 Å². The smallest absolute Gasteiger partial charge is 0.319 e. The van der Waals surface area contributed by atoms with Crippen molar-refractivity contribution in [3.05, 3.63) is 0 Å². The summed E-state index contributed by atoms with van der Waals surface area (Å²) in [6, 6.07) is 0. The summed E-state index contributed by atoms with van der Waals surface area (Å²) in [5.41, 5.74) is 0. The van der Waals surface area contributed by atoms with Crippen LogP contribution >= 0.6 is 11.8 Å². The second-order valence-corrected chi connectivity index (χ2v) is 6.44. The van der Waals surface area contributed by atoms with Gasteiger partial charge in [0.15, 0.2) is 0 Å². The lowest BCUT2D eigenvalue weighted by Gasteiger charge is -2.30. The van der Waals surface area contributed by atoms with Crippen molar-refractivity contribution in [2.24, 2.45) is 5.92 Å². The van der Waals surface area contributed by atoms with Crippen LogP contribution in [0.4, 0.5) is 0 Å². The van der Waals surface area contributed by atoms with Crippen LogP contribution in [0.15, 0.2) is 0 Å². The topological polar surface area (TPSA) is 37.3 Å². The molecule has 3 heteroatoms. The summed E-state index contributed by atoms with van der Waals surface area (Å²) in [5.74, 6) is 1.16. The van der Waals surface area contributed by atoms with Gasteiger partial charge in [-0.3, -0.25) is 4.79 Å². The molecule has 1 unspecified atom stereocenters. The standard InChI is InChI=1S/C12H20O2S/c13-11(14)12(7-4-8-15-12)9-10-5-2-1-3-6-10/h10H,1-9H2,(H,13,14). The maximum Gasteiger partial charge on any atom is 0.319 e. The first-order valence-electron chi connectivity index (χ1n) is 6.10. The lowest BCUT2D eigenvalue weighted by molar-refractivity contribution is -0.140. The molecular formula is C12H20O2S. The van der Waals surface area contributed by atoms with Crippen molar-refractivity contribution in [3.63, 3.8) is 0 Å². The first-order valence-corrected chi connectivity index (χ1v) is 7.09. The van der Waals surface area contributed by atoms with E-state index in [1.807, 2.05) is 0 Å². The van der Waals surface area contributed by atoms with Crippen LogP contribution < -0.4 is 0 Å². The number of hydrogen-bond acceptors (Lipinski definition) is 2. The summed E-state index contributed by atoms with van der Waals surface area (Å²) in [5, 5.41) is 9.37. The highest BCUT2D eigenvalue weighted by molar-refractivity contribution is 8.01. The summed E-state index contributed by atoms with van der Waals surface area (Å²) in [4.78, 5) is 11.4. The average molecular weight is 228 g/mol. The van der Waals surface area contributed by atoms with Gasteiger partial charge in [-0.05, 0) is 30.9 Å². The number of hydrogen-bond donors (Lipinski definition) is 1. The Morgan fingerprint density at radius 1 is 1.27 bits per heavy atom. The molecule has 86 valence electrons. The van der Waals surface area contributed by atoms with Crippen LogP contribution in [0.1, 0.15) is 51.4 Å². The minimum absolute atomic E-state index is 0.415. The zero-order chi connectivity index (χ0) is 10.7. The van der Waals surface area contributed by atoms with Crippen LogP contribution in [0.2, 0.25) is 0 Å². The molecule has 1 heterocycles. The van der Waals surface area contributed by atoms with Crippen LogP contribution in [-0.2, 0) is 4.79 Å². The predicted molar refractivity (Wildman–Crippen MR) is 63.3 cm³/mol. The van der Waals surface area contributed by atoms with Gasteiger partial charge in [0.1, 0.15) is 4.75 Å². The van der Waals surface area contributed by atoms with Gasteiger partial charge in [0.25, 0.3) is 0 Å². The monoisotopic (exact) mass is 228 g/mol. The Balaban J connectivity index is 1.96. The summed E-state index contributed by atoms with van der Waals surface area (Å²) < 4.78 is -0.415. The Morgan fingerprint density at radius 3 is 2.53 bits per heavy atom. The zero-order valence-electron chi connectivity index (χ0n) is 9.21. The van der Waals surface area contributed by atoms with Crippen molar-refractivity contribution in [1.82, 2.24) is 0 Å². The Morgan fingerprint density at radius 2 is 2.00 bits per heavy atom. The summed E-state index contributed by atoms with van der Waals surface area (Å²) in [6.07, 6.45) is 9.39. The molecule has 0 aromatic rings. The predicted octanol–water partition coefficient (Wildman–Crippen LogP) is 3.31. The number of carboxylic acid groups (broad SMARTS) is 1. The number of carbonyl (C=O) groups is 1. The van der Waals surface area contributed by atoms with Gasteiger partial charge in [-0.2, -0.15) is 0 Å². The number of thioether (sulfide) groups is 1. The van der Waals surface area contributed by atoms with Gasteiger partial charge < -0.3 is 5.11 Å². The fraction of sp³-hybridized carbons (Fsp3) is 0.917. The molecule has 2 rings (SSSR count). The summed E-state index contributed by atoms with van der Waals surface area (Å²) in [7, 11) is 0. The van der Waals surface area contributed by atoms with E-state index >= 15 is 0 Å². The lowest BCUT2D eigenvalue weighted by Crippen LogP contribution is -2.35. The molecule has 1 saturated carbocycles. The number of aliphatic carboxylic acids is 1. The van der Waals surface area contributed by atoms with Crippen LogP contribution in [0.3, 0.4) is 0 Å². The molecule has 15 heavy (non-hydrogen) atoms. The Hall–Kier alpha value is -0.180. The van der Waals surface area contributed by atoms with Crippen LogP contribution in [-0.4, -0.2) is 21.6 Å². The summed E-state index contributed by atoms with van der Waals surface area (Å²) in [6.45, 7) is 0. The fourth-order valence-corrected chi connectivity index (χ4v) is 4.42. The third-order valence-electron chi connectivity index (χ3n) is 3.84. The van der Waals surface area contributed by atoms with Gasteiger partial charge in [0.05, 0.1) is 0 Å². The Labute approximate surface area is 95.8 Å². The van der Waals surface area contributed by atoms with Gasteiger partial charge >= 0.3 is 5.97 Å². The van der Waals surface area contributed by atoms with Crippen molar-refractivity contribution in [1.29, 1.82) is 0 Å². The van der Waals surface area contributed by atoms with Gasteiger partial charge in [-0.25, -0.2) is 0 Å². The Bertz CT molecular complexity index is 228. The molecule has 0 amide bonds. The molecule has 1 aliphatic carbocycles. The first-order chi connectivity index (χ1) is 7.23. The molecule has 0 aromatic carbocycles. The fourth-order valence-electron chi connectivity index (χ4n) is 2.97. The molecule has 1 N–H and O–H groups in total. The van der Waals surface area contributed by atoms with Gasteiger partial charge in [-0.1, -0.05) is 32.1 Å². The van der Waals surface area contributed by atoms with E-state index in [1.54, 1.807) is 11.8 Å². The van der Waals surface area contributed by atoms with Crippen molar-refractivity contribution >= 4 is 17.7 Å². The van der Waals surface area contributed by atoms with Crippen molar-refractivity contribution in [2.75, 3.05) is 5.75 Å². The second-order valence-electron chi connectivity index (χ2n) is 4.96. The SMILES string of the molecule is O=C(O)C1(CC2CCCCC2)CCCS1. The molecular weight excluding hydrogens is 208 g/mol. The van der Waals surface area contributed by atoms with Gasteiger partial charge in [0, 0.05) is 0 Å². The van der Waals surface area contributed by atoms with Crippen molar-refractivity contribution in [3.8, 4) is 0 Å². The van der Waals surface area contributed by atoms with E-state index in [0.29, 0.717) is 5.92 Å². The maximum absolute atomic E-state index is 11.4. The highest BCUT2D eigenvalue weighted by atomic mass is 32.2. The minimum Gasteiger partial charge on any atom is -0.480 e. The Kier molecular flexibility index (Phi) is 3.60. The van der Waals surface area contributed by atoms with Crippen molar-refractivity contribution < 1.29 is 9.90 Å². The molecule has 0 aromatic heterocycles. The first kappa shape index (κ1) is 11.3. The normalized spacial score (nSPS) is 33.1. The third-order valence-corrected chi connectivity index (χ3v) is 5.43. The molecule has 1 saturated heterocycles. The molecule has 0 spiro atoms. The summed E-state index contributed by atoms with van der Waals surface area (Å²) >= 11 is 1.69. The average Bonchev–Trinajstić information content (AvgIpc) is 2.69. The highest BCUT2D eigenvalue weighted by Gasteiger charge is 2.43. The molecule has 1 aliphatic heterocycles. The van der Waals surface area contributed by atoms with E-state index in [1.165, 1.54) is 32.1 Å². The van der Waals surface area contributed by atoms with Crippen LogP contribution in [0.5, 0.6) is 0 Å². The second kappa shape index (κ2) is 4.77. The minimum atomic E-state index is -0.560. The molecule has 2 nitrogen and oxygen atoms in total. The quantitative estimate of drug-likeness (QED) is 0.805. The number of carboxylic acids is 1.